The van der Waals surface area contributed by atoms with Crippen LogP contribution in [0.1, 0.15) is 25.7 Å². The Hall–Kier alpha value is -0.220. The number of hydrogen-bond acceptors (Lipinski definition) is 3. The van der Waals surface area contributed by atoms with E-state index in [1.54, 1.807) is 0 Å². The fourth-order valence-corrected chi connectivity index (χ4v) is 3.77. The lowest BCUT2D eigenvalue weighted by Crippen LogP contribution is -2.46. The molecule has 0 aromatic rings. The van der Waals surface area contributed by atoms with Gasteiger partial charge in [0.2, 0.25) is 0 Å². The molecule has 1 atom stereocenters. The molecule has 3 nitrogen and oxygen atoms in total. The van der Waals surface area contributed by atoms with Crippen LogP contribution in [-0.2, 0) is 4.79 Å². The van der Waals surface area contributed by atoms with Crippen molar-refractivity contribution in [2.75, 3.05) is 11.5 Å². The number of carboxylic acids is 1. The van der Waals surface area contributed by atoms with Gasteiger partial charge in [0.15, 0.2) is 0 Å². The number of aliphatic hydroxyl groups is 1. The molecular weight excluding hydrogens is 188 g/mol. The van der Waals surface area contributed by atoms with Crippen molar-refractivity contribution in [3.8, 4) is 0 Å². The quantitative estimate of drug-likeness (QED) is 0.704. The number of rotatable bonds is 2. The first-order valence-electron chi connectivity index (χ1n) is 4.60. The van der Waals surface area contributed by atoms with E-state index in [1.165, 1.54) is 0 Å². The third kappa shape index (κ3) is 1.46. The Morgan fingerprint density at radius 1 is 1.38 bits per heavy atom. The van der Waals surface area contributed by atoms with Gasteiger partial charge in [0.25, 0.3) is 0 Å². The molecule has 1 saturated carbocycles. The second kappa shape index (κ2) is 2.89. The lowest BCUT2D eigenvalue weighted by molar-refractivity contribution is -0.146. The van der Waals surface area contributed by atoms with E-state index < -0.39 is 11.6 Å². The molecule has 1 aliphatic carbocycles. The summed E-state index contributed by atoms with van der Waals surface area (Å²) in [5, 5.41) is 19.0. The minimum Gasteiger partial charge on any atom is -0.481 e. The summed E-state index contributed by atoms with van der Waals surface area (Å²) in [6.07, 6.45) is 2.57. The molecule has 1 spiro atoms. The SMILES string of the molecule is O=C(O)CC1(O)CCSCC12CC2. The van der Waals surface area contributed by atoms with Crippen molar-refractivity contribution in [1.29, 1.82) is 0 Å². The van der Waals surface area contributed by atoms with Crippen LogP contribution in [0.15, 0.2) is 0 Å². The Labute approximate surface area is 81.5 Å². The monoisotopic (exact) mass is 202 g/mol. The largest absolute Gasteiger partial charge is 0.481 e. The average molecular weight is 202 g/mol. The smallest absolute Gasteiger partial charge is 0.306 e. The van der Waals surface area contributed by atoms with Crippen LogP contribution >= 0.6 is 11.8 Å². The van der Waals surface area contributed by atoms with Gasteiger partial charge in [0, 0.05) is 11.2 Å². The molecule has 2 fully saturated rings. The lowest BCUT2D eigenvalue weighted by Gasteiger charge is -2.39. The highest BCUT2D eigenvalue weighted by molar-refractivity contribution is 7.99. The Kier molecular flexibility index (Phi) is 2.07. The van der Waals surface area contributed by atoms with Gasteiger partial charge in [-0.1, -0.05) is 0 Å². The van der Waals surface area contributed by atoms with Crippen molar-refractivity contribution in [1.82, 2.24) is 0 Å². The summed E-state index contributed by atoms with van der Waals surface area (Å²) in [5.41, 5.74) is -0.960. The molecule has 0 bridgehead atoms. The molecule has 0 amide bonds. The average Bonchev–Trinajstić information content (AvgIpc) is 2.76. The van der Waals surface area contributed by atoms with E-state index in [9.17, 15) is 9.90 Å². The molecule has 2 N–H and O–H groups in total. The minimum absolute atomic E-state index is 0.0473. The fraction of sp³-hybridized carbons (Fsp3) is 0.889. The number of carboxylic acid groups (broad SMARTS) is 1. The van der Waals surface area contributed by atoms with Crippen LogP contribution < -0.4 is 0 Å². The zero-order valence-corrected chi connectivity index (χ0v) is 8.27. The molecule has 4 heteroatoms. The fourth-order valence-electron chi connectivity index (χ4n) is 2.19. The van der Waals surface area contributed by atoms with Crippen molar-refractivity contribution in [2.24, 2.45) is 5.41 Å². The molecule has 0 aromatic heterocycles. The standard InChI is InChI=1S/C9H14O3S/c10-7(11)5-9(12)3-4-13-6-8(9)1-2-8/h12H,1-6H2,(H,10,11). The van der Waals surface area contributed by atoms with Gasteiger partial charge in [-0.05, 0) is 25.0 Å². The van der Waals surface area contributed by atoms with Gasteiger partial charge in [-0.15, -0.1) is 0 Å². The minimum atomic E-state index is -0.913. The van der Waals surface area contributed by atoms with Crippen LogP contribution in [0.2, 0.25) is 0 Å². The van der Waals surface area contributed by atoms with Gasteiger partial charge in [0.1, 0.15) is 0 Å². The highest BCUT2D eigenvalue weighted by Gasteiger charge is 2.60. The number of thioether (sulfide) groups is 1. The van der Waals surface area contributed by atoms with E-state index in [4.69, 9.17) is 5.11 Å². The first kappa shape index (κ1) is 9.34. The summed E-state index contributed by atoms with van der Waals surface area (Å²) in [4.78, 5) is 10.6. The van der Waals surface area contributed by atoms with E-state index in [0.29, 0.717) is 6.42 Å². The Bertz CT molecular complexity index is 237. The molecular formula is C9H14O3S. The number of hydrogen-bond donors (Lipinski definition) is 2. The van der Waals surface area contributed by atoms with Gasteiger partial charge < -0.3 is 10.2 Å². The number of carbonyl (C=O) groups is 1. The van der Waals surface area contributed by atoms with Crippen LogP contribution in [0, 0.1) is 5.41 Å². The summed E-state index contributed by atoms with van der Waals surface area (Å²) in [5.74, 6) is 0.961. The van der Waals surface area contributed by atoms with Gasteiger partial charge in [-0.2, -0.15) is 11.8 Å². The molecule has 0 aromatic carbocycles. The van der Waals surface area contributed by atoms with Gasteiger partial charge in [-0.3, -0.25) is 4.79 Å². The molecule has 0 radical (unpaired) electrons. The second-order valence-electron chi connectivity index (χ2n) is 4.19. The normalized spacial score (nSPS) is 36.1. The second-order valence-corrected chi connectivity index (χ2v) is 5.29. The topological polar surface area (TPSA) is 57.5 Å². The third-order valence-electron chi connectivity index (χ3n) is 3.32. The molecule has 74 valence electrons. The summed E-state index contributed by atoms with van der Waals surface area (Å²) in [6, 6.07) is 0. The molecule has 2 aliphatic rings. The maximum atomic E-state index is 10.6. The molecule has 1 unspecified atom stereocenters. The van der Waals surface area contributed by atoms with Gasteiger partial charge in [0.05, 0.1) is 12.0 Å². The van der Waals surface area contributed by atoms with Crippen LogP contribution in [-0.4, -0.2) is 33.3 Å². The Morgan fingerprint density at radius 3 is 2.62 bits per heavy atom. The predicted molar refractivity (Wildman–Crippen MR) is 50.8 cm³/mol. The molecule has 1 saturated heterocycles. The van der Waals surface area contributed by atoms with E-state index in [-0.39, 0.29) is 11.8 Å². The van der Waals surface area contributed by atoms with Crippen molar-refractivity contribution in [3.63, 3.8) is 0 Å². The highest BCUT2D eigenvalue weighted by Crippen LogP contribution is 2.60. The molecule has 13 heavy (non-hydrogen) atoms. The Morgan fingerprint density at radius 2 is 2.08 bits per heavy atom. The van der Waals surface area contributed by atoms with Gasteiger partial charge in [-0.25, -0.2) is 0 Å². The first-order chi connectivity index (χ1) is 6.08. The lowest BCUT2D eigenvalue weighted by atomic mass is 9.80. The van der Waals surface area contributed by atoms with E-state index in [0.717, 1.165) is 24.3 Å². The zero-order valence-electron chi connectivity index (χ0n) is 7.45. The maximum absolute atomic E-state index is 10.6. The van der Waals surface area contributed by atoms with Crippen molar-refractivity contribution < 1.29 is 15.0 Å². The summed E-state index contributed by atoms with van der Waals surface area (Å²) < 4.78 is 0. The number of aliphatic carboxylic acids is 1. The van der Waals surface area contributed by atoms with Crippen molar-refractivity contribution in [3.05, 3.63) is 0 Å². The summed E-state index contributed by atoms with van der Waals surface area (Å²) >= 11 is 1.84. The van der Waals surface area contributed by atoms with Crippen molar-refractivity contribution in [2.45, 2.75) is 31.3 Å². The summed E-state index contributed by atoms with van der Waals surface area (Å²) in [7, 11) is 0. The van der Waals surface area contributed by atoms with Gasteiger partial charge >= 0.3 is 5.97 Å². The predicted octanol–water partition coefficient (Wildman–Crippen LogP) is 1.11. The Balaban J connectivity index is 2.13. The summed E-state index contributed by atoms with van der Waals surface area (Å²) in [6.45, 7) is 0. The molecule has 2 rings (SSSR count). The van der Waals surface area contributed by atoms with Crippen LogP contribution in [0.5, 0.6) is 0 Å². The first-order valence-corrected chi connectivity index (χ1v) is 5.75. The van der Waals surface area contributed by atoms with E-state index in [1.807, 2.05) is 11.8 Å². The highest BCUT2D eigenvalue weighted by atomic mass is 32.2. The van der Waals surface area contributed by atoms with Crippen LogP contribution in [0.3, 0.4) is 0 Å². The zero-order chi connectivity index (χ0) is 9.53. The van der Waals surface area contributed by atoms with E-state index in [2.05, 4.69) is 0 Å². The molecule has 1 aliphatic heterocycles. The van der Waals surface area contributed by atoms with Crippen LogP contribution in [0.25, 0.3) is 0 Å². The van der Waals surface area contributed by atoms with E-state index >= 15 is 0 Å². The molecule has 1 heterocycles. The van der Waals surface area contributed by atoms with Crippen LogP contribution in [0.4, 0.5) is 0 Å². The third-order valence-corrected chi connectivity index (χ3v) is 4.57. The maximum Gasteiger partial charge on any atom is 0.306 e. The van der Waals surface area contributed by atoms with Crippen molar-refractivity contribution >= 4 is 17.7 Å².